The summed E-state index contributed by atoms with van der Waals surface area (Å²) in [7, 11) is -7.26. The number of sulfone groups is 2. The summed E-state index contributed by atoms with van der Waals surface area (Å²) in [6.07, 6.45) is 1.89. The van der Waals surface area contributed by atoms with Crippen LogP contribution in [0.3, 0.4) is 0 Å². The minimum atomic E-state index is -3.85. The van der Waals surface area contributed by atoms with Crippen molar-refractivity contribution in [3.05, 3.63) is 29.6 Å². The van der Waals surface area contributed by atoms with E-state index in [1.54, 1.807) is 0 Å². The Bertz CT molecular complexity index is 859. The Hall–Kier alpha value is -0.990. The van der Waals surface area contributed by atoms with Crippen molar-refractivity contribution in [1.82, 2.24) is 4.90 Å². The minimum Gasteiger partial charge on any atom is -0.298 e. The first kappa shape index (κ1) is 18.8. The van der Waals surface area contributed by atoms with Crippen LogP contribution in [0.25, 0.3) is 0 Å². The van der Waals surface area contributed by atoms with Crippen LogP contribution >= 0.6 is 0 Å². The van der Waals surface area contributed by atoms with E-state index in [2.05, 4.69) is 6.92 Å². The van der Waals surface area contributed by atoms with E-state index < -0.39 is 36.8 Å². The number of aryl methyl sites for hydroxylation is 1. The van der Waals surface area contributed by atoms with E-state index in [0.717, 1.165) is 32.0 Å². The highest BCUT2D eigenvalue weighted by Crippen LogP contribution is 2.31. The molecule has 5 nitrogen and oxygen atoms in total. The van der Waals surface area contributed by atoms with Crippen LogP contribution in [0.15, 0.2) is 23.1 Å². The average molecular weight is 390 g/mol. The van der Waals surface area contributed by atoms with E-state index in [0.29, 0.717) is 5.92 Å². The summed E-state index contributed by atoms with van der Waals surface area (Å²) in [5, 5.41) is -0.990. The zero-order valence-corrected chi connectivity index (χ0v) is 16.1. The second-order valence-electron chi connectivity index (χ2n) is 7.36. The number of hydrogen-bond acceptors (Lipinski definition) is 5. The molecule has 0 unspecified atom stereocenters. The zero-order valence-electron chi connectivity index (χ0n) is 14.5. The molecule has 1 aromatic carbocycles. The molecule has 2 fully saturated rings. The Labute approximate surface area is 149 Å². The number of piperidine rings is 1. The van der Waals surface area contributed by atoms with Gasteiger partial charge in [-0.25, -0.2) is 21.2 Å². The summed E-state index contributed by atoms with van der Waals surface area (Å²) >= 11 is 0. The first-order valence-electron chi connectivity index (χ1n) is 8.55. The van der Waals surface area contributed by atoms with Gasteiger partial charge in [0.1, 0.15) is 5.82 Å². The predicted octanol–water partition coefficient (Wildman–Crippen LogP) is 1.81. The number of benzene rings is 1. The summed E-state index contributed by atoms with van der Waals surface area (Å²) in [6.45, 7) is 5.09. The van der Waals surface area contributed by atoms with Crippen LogP contribution in [-0.2, 0) is 19.7 Å². The fourth-order valence-electron chi connectivity index (χ4n) is 3.76. The van der Waals surface area contributed by atoms with Gasteiger partial charge >= 0.3 is 0 Å². The van der Waals surface area contributed by atoms with E-state index in [4.69, 9.17) is 0 Å². The van der Waals surface area contributed by atoms with E-state index >= 15 is 0 Å². The van der Waals surface area contributed by atoms with Gasteiger partial charge in [0, 0.05) is 6.04 Å². The van der Waals surface area contributed by atoms with Gasteiger partial charge in [-0.05, 0) is 62.5 Å². The van der Waals surface area contributed by atoms with Gasteiger partial charge in [-0.1, -0.05) is 6.92 Å². The van der Waals surface area contributed by atoms with Crippen LogP contribution in [0.5, 0.6) is 0 Å². The Morgan fingerprint density at radius 2 is 1.80 bits per heavy atom. The van der Waals surface area contributed by atoms with Gasteiger partial charge in [-0.2, -0.15) is 0 Å². The highest BCUT2D eigenvalue weighted by atomic mass is 32.2. The number of nitrogens with zero attached hydrogens (tertiary/aromatic N) is 1. The Balaban J connectivity index is 1.95. The molecule has 2 heterocycles. The van der Waals surface area contributed by atoms with Crippen molar-refractivity contribution in [3.63, 3.8) is 0 Å². The molecule has 25 heavy (non-hydrogen) atoms. The monoisotopic (exact) mass is 389 g/mol. The second kappa shape index (κ2) is 6.63. The number of halogens is 1. The topological polar surface area (TPSA) is 71.5 Å². The van der Waals surface area contributed by atoms with Crippen molar-refractivity contribution in [3.8, 4) is 0 Å². The lowest BCUT2D eigenvalue weighted by atomic mass is 9.98. The maximum atomic E-state index is 13.5. The molecule has 0 bridgehead atoms. The molecular formula is C17H24FNO4S2. The van der Waals surface area contributed by atoms with Gasteiger partial charge in [-0.3, -0.25) is 4.90 Å². The third-order valence-corrected chi connectivity index (χ3v) is 9.53. The molecule has 0 saturated carbocycles. The SMILES string of the molecule is Cc1cc(S(=O)(=O)[C@@H]2CS(=O)(=O)C[C@H]2N2CCC(C)CC2)ccc1F. The van der Waals surface area contributed by atoms with Crippen molar-refractivity contribution in [2.75, 3.05) is 24.6 Å². The first-order valence-corrected chi connectivity index (χ1v) is 11.9. The summed E-state index contributed by atoms with van der Waals surface area (Å²) in [4.78, 5) is 2.02. The predicted molar refractivity (Wildman–Crippen MR) is 94.5 cm³/mol. The molecule has 0 spiro atoms. The highest BCUT2D eigenvalue weighted by molar-refractivity contribution is 7.96. The molecule has 2 aliphatic heterocycles. The molecule has 0 radical (unpaired) electrons. The minimum absolute atomic E-state index is 0.00359. The van der Waals surface area contributed by atoms with Crippen LogP contribution in [0.4, 0.5) is 4.39 Å². The quantitative estimate of drug-likeness (QED) is 0.738. The molecule has 2 atom stereocenters. The summed E-state index contributed by atoms with van der Waals surface area (Å²) < 4.78 is 64.1. The molecule has 140 valence electrons. The Morgan fingerprint density at radius 3 is 2.40 bits per heavy atom. The van der Waals surface area contributed by atoms with Crippen LogP contribution in [0.2, 0.25) is 0 Å². The van der Waals surface area contributed by atoms with E-state index in [-0.39, 0.29) is 22.0 Å². The van der Waals surface area contributed by atoms with Crippen LogP contribution in [-0.4, -0.2) is 57.6 Å². The largest absolute Gasteiger partial charge is 0.298 e. The van der Waals surface area contributed by atoms with Crippen LogP contribution in [0.1, 0.15) is 25.3 Å². The lowest BCUT2D eigenvalue weighted by molar-refractivity contribution is 0.151. The first-order chi connectivity index (χ1) is 11.6. The fourth-order valence-corrected chi connectivity index (χ4v) is 8.68. The molecule has 0 aromatic heterocycles. The third kappa shape index (κ3) is 3.75. The highest BCUT2D eigenvalue weighted by Gasteiger charge is 2.48. The molecular weight excluding hydrogens is 365 g/mol. The van der Waals surface area contributed by atoms with Gasteiger partial charge in [0.25, 0.3) is 0 Å². The normalized spacial score (nSPS) is 28.3. The lowest BCUT2D eigenvalue weighted by Crippen LogP contribution is -2.49. The van der Waals surface area contributed by atoms with Gasteiger partial charge in [0.2, 0.25) is 0 Å². The van der Waals surface area contributed by atoms with E-state index in [9.17, 15) is 21.2 Å². The summed E-state index contributed by atoms with van der Waals surface area (Å²) in [5.74, 6) is -0.378. The molecule has 2 saturated heterocycles. The standard InChI is InChI=1S/C17H24FNO4S2/c1-12-5-7-19(8-6-12)16-10-24(20,21)11-17(16)25(22,23)14-3-4-15(18)13(2)9-14/h3-4,9,12,16-17H,5-8,10-11H2,1-2H3/t16-,17-/m1/s1. The molecule has 1 aromatic rings. The summed E-state index contributed by atoms with van der Waals surface area (Å²) in [6, 6.07) is 3.14. The van der Waals surface area contributed by atoms with Crippen molar-refractivity contribution < 1.29 is 21.2 Å². The van der Waals surface area contributed by atoms with E-state index in [1.807, 2.05) is 4.90 Å². The molecule has 0 amide bonds. The maximum absolute atomic E-state index is 13.5. The van der Waals surface area contributed by atoms with Crippen molar-refractivity contribution in [2.45, 2.75) is 42.9 Å². The zero-order chi connectivity index (χ0) is 18.4. The Kier molecular flexibility index (Phi) is 4.98. The van der Waals surface area contributed by atoms with E-state index in [1.165, 1.54) is 19.1 Å². The molecule has 3 rings (SSSR count). The lowest BCUT2D eigenvalue weighted by Gasteiger charge is -2.36. The van der Waals surface area contributed by atoms with Gasteiger partial charge in [-0.15, -0.1) is 0 Å². The molecule has 0 N–H and O–H groups in total. The van der Waals surface area contributed by atoms with Crippen LogP contribution < -0.4 is 0 Å². The van der Waals surface area contributed by atoms with Crippen LogP contribution in [0, 0.1) is 18.7 Å². The van der Waals surface area contributed by atoms with Crippen molar-refractivity contribution in [1.29, 1.82) is 0 Å². The summed E-state index contributed by atoms with van der Waals surface area (Å²) in [5.41, 5.74) is 0.241. The van der Waals surface area contributed by atoms with Crippen molar-refractivity contribution in [2.24, 2.45) is 5.92 Å². The smallest absolute Gasteiger partial charge is 0.183 e. The second-order valence-corrected chi connectivity index (χ2v) is 11.7. The Morgan fingerprint density at radius 1 is 1.16 bits per heavy atom. The molecule has 2 aliphatic rings. The third-order valence-electron chi connectivity index (χ3n) is 5.42. The van der Waals surface area contributed by atoms with Gasteiger partial charge < -0.3 is 0 Å². The number of hydrogen-bond donors (Lipinski definition) is 0. The average Bonchev–Trinajstić information content (AvgIpc) is 2.87. The fraction of sp³-hybridized carbons (Fsp3) is 0.647. The number of likely N-dealkylation sites (tertiary alicyclic amines) is 1. The number of rotatable bonds is 3. The van der Waals surface area contributed by atoms with Crippen molar-refractivity contribution >= 4 is 19.7 Å². The molecule has 8 heteroatoms. The maximum Gasteiger partial charge on any atom is 0.183 e. The molecule has 0 aliphatic carbocycles. The van der Waals surface area contributed by atoms with Gasteiger partial charge in [0.05, 0.1) is 21.7 Å². The van der Waals surface area contributed by atoms with Gasteiger partial charge in [0.15, 0.2) is 19.7 Å².